The number of carbonyl (C=O) groups is 2. The van der Waals surface area contributed by atoms with Gasteiger partial charge in [-0.1, -0.05) is 13.5 Å². The molecule has 16 heavy (non-hydrogen) atoms. The van der Waals surface area contributed by atoms with Crippen molar-refractivity contribution in [1.82, 2.24) is 5.32 Å². The van der Waals surface area contributed by atoms with E-state index >= 15 is 0 Å². The van der Waals surface area contributed by atoms with E-state index in [1.165, 1.54) is 13.8 Å². The number of nitrogens with one attached hydrogen (secondary N) is 1. The van der Waals surface area contributed by atoms with Crippen molar-refractivity contribution in [2.45, 2.75) is 32.5 Å². The van der Waals surface area contributed by atoms with Crippen LogP contribution in [-0.2, 0) is 14.3 Å². The van der Waals surface area contributed by atoms with Gasteiger partial charge in [0, 0.05) is 12.5 Å². The van der Waals surface area contributed by atoms with E-state index in [4.69, 9.17) is 10.2 Å². The Morgan fingerprint density at radius 3 is 2.56 bits per heavy atom. The third kappa shape index (κ3) is 5.99. The van der Waals surface area contributed by atoms with E-state index in [0.29, 0.717) is 0 Å². The first-order valence-corrected chi connectivity index (χ1v) is 4.58. The molecule has 0 aromatic carbocycles. The summed E-state index contributed by atoms with van der Waals surface area (Å²) in [5.74, 6) is -3.26. The van der Waals surface area contributed by atoms with Crippen LogP contribution in [0.15, 0.2) is 12.7 Å². The lowest BCUT2D eigenvalue weighted by atomic mass is 10.4. The van der Waals surface area contributed by atoms with E-state index in [9.17, 15) is 9.59 Å². The Bertz CT molecular complexity index is 275. The number of ether oxygens (including phenoxy) is 2. The summed E-state index contributed by atoms with van der Waals surface area (Å²) >= 11 is 0. The Labute approximate surface area is 92.7 Å². The summed E-state index contributed by atoms with van der Waals surface area (Å²) in [5, 5.41) is 20.0. The van der Waals surface area contributed by atoms with Gasteiger partial charge in [-0.15, -0.1) is 0 Å². The molecule has 0 aromatic heterocycles. The average molecular weight is 233 g/mol. The highest BCUT2D eigenvalue weighted by Crippen LogP contribution is 2.06. The molecule has 0 radical (unpaired) electrons. The molecular formula is C9H15NO6. The normalized spacial score (nSPS) is 12.5. The summed E-state index contributed by atoms with van der Waals surface area (Å²) in [7, 11) is 0. The minimum atomic E-state index is -2.54. The number of aliphatic hydroxyl groups is 2. The Balaban J connectivity index is 4.05. The molecule has 0 saturated carbocycles. The van der Waals surface area contributed by atoms with Gasteiger partial charge in [0.05, 0.1) is 0 Å². The van der Waals surface area contributed by atoms with Crippen LogP contribution >= 0.6 is 0 Å². The zero-order valence-electron chi connectivity index (χ0n) is 9.10. The molecule has 92 valence electrons. The number of alkyl carbamates (subject to hydrolysis) is 1. The summed E-state index contributed by atoms with van der Waals surface area (Å²) in [6, 6.07) is 0. The average Bonchev–Trinajstić information content (AvgIpc) is 2.16. The Morgan fingerprint density at radius 2 is 2.12 bits per heavy atom. The van der Waals surface area contributed by atoms with E-state index in [0.717, 1.165) is 6.08 Å². The fourth-order valence-corrected chi connectivity index (χ4v) is 0.668. The predicted molar refractivity (Wildman–Crippen MR) is 52.8 cm³/mol. The lowest BCUT2D eigenvalue weighted by molar-refractivity contribution is -0.308. The molecule has 0 aliphatic heterocycles. The summed E-state index contributed by atoms with van der Waals surface area (Å²) in [5.41, 5.74) is 0. The Kier molecular flexibility index (Phi) is 5.48. The largest absolute Gasteiger partial charge is 0.439 e. The molecule has 7 heteroatoms. The third-order valence-corrected chi connectivity index (χ3v) is 1.50. The molecule has 0 spiro atoms. The molecule has 0 aliphatic carbocycles. The van der Waals surface area contributed by atoms with Crippen molar-refractivity contribution in [3.8, 4) is 0 Å². The van der Waals surface area contributed by atoms with Crippen LogP contribution in [0.1, 0.15) is 20.3 Å². The van der Waals surface area contributed by atoms with Crippen molar-refractivity contribution in [1.29, 1.82) is 0 Å². The van der Waals surface area contributed by atoms with Crippen LogP contribution in [0.5, 0.6) is 0 Å². The van der Waals surface area contributed by atoms with Gasteiger partial charge in [0.25, 0.3) is 0 Å². The molecule has 0 rings (SSSR count). The quantitative estimate of drug-likeness (QED) is 0.346. The third-order valence-electron chi connectivity index (χ3n) is 1.50. The summed E-state index contributed by atoms with van der Waals surface area (Å²) < 4.78 is 8.80. The van der Waals surface area contributed by atoms with Crippen LogP contribution in [0.3, 0.4) is 0 Å². The van der Waals surface area contributed by atoms with Crippen molar-refractivity contribution >= 4 is 12.1 Å². The van der Waals surface area contributed by atoms with Crippen LogP contribution in [0.25, 0.3) is 0 Å². The SMILES string of the molecule is C=CC(=O)OC(C)NC(=O)OC(O)(O)CC. The molecule has 0 bridgehead atoms. The molecule has 7 nitrogen and oxygen atoms in total. The fourth-order valence-electron chi connectivity index (χ4n) is 0.668. The minimum absolute atomic E-state index is 0.193. The van der Waals surface area contributed by atoms with Gasteiger partial charge < -0.3 is 19.7 Å². The molecule has 0 fully saturated rings. The predicted octanol–water partition coefficient (Wildman–Crippen LogP) is -0.164. The first kappa shape index (κ1) is 14.4. The van der Waals surface area contributed by atoms with Gasteiger partial charge in [0.15, 0.2) is 6.23 Å². The maximum Gasteiger partial charge on any atom is 0.414 e. The van der Waals surface area contributed by atoms with Gasteiger partial charge in [-0.05, 0) is 6.92 Å². The zero-order chi connectivity index (χ0) is 12.8. The van der Waals surface area contributed by atoms with Crippen molar-refractivity contribution in [3.63, 3.8) is 0 Å². The topological polar surface area (TPSA) is 105 Å². The van der Waals surface area contributed by atoms with Gasteiger partial charge in [0.2, 0.25) is 0 Å². The number of hydrogen-bond acceptors (Lipinski definition) is 6. The van der Waals surface area contributed by atoms with E-state index in [1.807, 2.05) is 0 Å². The highest BCUT2D eigenvalue weighted by atomic mass is 16.8. The molecule has 1 unspecified atom stereocenters. The highest BCUT2D eigenvalue weighted by molar-refractivity contribution is 5.81. The molecule has 0 heterocycles. The number of esters is 1. The second-order valence-electron chi connectivity index (χ2n) is 2.91. The number of rotatable bonds is 5. The van der Waals surface area contributed by atoms with E-state index in [2.05, 4.69) is 21.4 Å². The number of hydrogen-bond donors (Lipinski definition) is 3. The first-order chi connectivity index (χ1) is 7.30. The molecule has 0 aliphatic rings. The van der Waals surface area contributed by atoms with Crippen LogP contribution < -0.4 is 5.32 Å². The molecule has 0 saturated heterocycles. The highest BCUT2D eigenvalue weighted by Gasteiger charge is 2.26. The molecule has 1 amide bonds. The van der Waals surface area contributed by atoms with Crippen LogP contribution in [0, 0.1) is 0 Å². The van der Waals surface area contributed by atoms with Crippen LogP contribution in [0.4, 0.5) is 4.79 Å². The van der Waals surface area contributed by atoms with Crippen molar-refractivity contribution in [2.75, 3.05) is 0 Å². The zero-order valence-corrected chi connectivity index (χ0v) is 9.10. The maximum atomic E-state index is 11.0. The van der Waals surface area contributed by atoms with Crippen molar-refractivity contribution in [3.05, 3.63) is 12.7 Å². The van der Waals surface area contributed by atoms with Gasteiger partial charge >= 0.3 is 18.0 Å². The smallest absolute Gasteiger partial charge is 0.414 e. The van der Waals surface area contributed by atoms with Crippen molar-refractivity contribution < 1.29 is 29.3 Å². The van der Waals surface area contributed by atoms with E-state index in [-0.39, 0.29) is 6.42 Å². The van der Waals surface area contributed by atoms with Crippen LogP contribution in [-0.4, -0.2) is 34.5 Å². The van der Waals surface area contributed by atoms with Gasteiger partial charge in [0.1, 0.15) is 0 Å². The fraction of sp³-hybridized carbons (Fsp3) is 0.556. The number of carbonyl (C=O) groups excluding carboxylic acids is 2. The van der Waals surface area contributed by atoms with Crippen molar-refractivity contribution in [2.24, 2.45) is 0 Å². The minimum Gasteiger partial charge on any atom is -0.439 e. The Morgan fingerprint density at radius 1 is 1.56 bits per heavy atom. The molecule has 0 aromatic rings. The Hall–Kier alpha value is -1.60. The second kappa shape index (κ2) is 6.09. The standard InChI is InChI=1S/C9H15NO6/c1-4-7(11)15-6(3)10-8(12)16-9(13,14)5-2/h4,6,13-14H,1,5H2,2-3H3,(H,10,12). The second-order valence-corrected chi connectivity index (χ2v) is 2.91. The first-order valence-electron chi connectivity index (χ1n) is 4.58. The monoisotopic (exact) mass is 233 g/mol. The summed E-state index contributed by atoms with van der Waals surface area (Å²) in [6.45, 7) is 5.94. The maximum absolute atomic E-state index is 11.0. The van der Waals surface area contributed by atoms with E-state index in [1.54, 1.807) is 0 Å². The van der Waals surface area contributed by atoms with Gasteiger partial charge in [-0.2, -0.15) is 0 Å². The molecular weight excluding hydrogens is 218 g/mol. The molecule has 1 atom stereocenters. The number of amides is 1. The van der Waals surface area contributed by atoms with Gasteiger partial charge in [-0.3, -0.25) is 5.32 Å². The lowest BCUT2D eigenvalue weighted by Gasteiger charge is -2.21. The summed E-state index contributed by atoms with van der Waals surface area (Å²) in [6.07, 6.45) is -1.35. The molecule has 3 N–H and O–H groups in total. The summed E-state index contributed by atoms with van der Waals surface area (Å²) in [4.78, 5) is 21.7. The van der Waals surface area contributed by atoms with E-state index < -0.39 is 24.3 Å². The van der Waals surface area contributed by atoms with Crippen LogP contribution in [0.2, 0.25) is 0 Å². The lowest BCUT2D eigenvalue weighted by Crippen LogP contribution is -2.42. The van der Waals surface area contributed by atoms with Gasteiger partial charge in [-0.25, -0.2) is 9.59 Å².